The highest BCUT2D eigenvalue weighted by molar-refractivity contribution is 6.30. The van der Waals surface area contributed by atoms with Gasteiger partial charge >= 0.3 is 0 Å². The van der Waals surface area contributed by atoms with Gasteiger partial charge in [-0.05, 0) is 60.5 Å². The lowest BCUT2D eigenvalue weighted by molar-refractivity contribution is 0.0953. The molecule has 0 atom stereocenters. The number of hydrazone groups is 1. The van der Waals surface area contributed by atoms with Crippen LogP contribution >= 0.6 is 11.6 Å². The maximum atomic E-state index is 12.4. The second-order valence-corrected chi connectivity index (χ2v) is 7.03. The van der Waals surface area contributed by atoms with Crippen molar-refractivity contribution in [1.29, 1.82) is 0 Å². The van der Waals surface area contributed by atoms with Crippen molar-refractivity contribution in [3.8, 4) is 5.75 Å². The number of para-hydroxylation sites is 1. The predicted octanol–water partition coefficient (Wildman–Crippen LogP) is 4.79. The second kappa shape index (κ2) is 10.2. The maximum Gasteiger partial charge on any atom is 0.271 e. The summed E-state index contributed by atoms with van der Waals surface area (Å²) in [5, 5.41) is 17.4. The number of rotatable bonds is 7. The average molecular weight is 434 g/mol. The number of anilines is 1. The fourth-order valence-corrected chi connectivity index (χ4v) is 2.93. The zero-order chi connectivity index (χ0) is 22.2. The molecule has 31 heavy (non-hydrogen) atoms. The van der Waals surface area contributed by atoms with E-state index in [1.807, 2.05) is 0 Å². The van der Waals surface area contributed by atoms with Crippen LogP contribution in [0.15, 0.2) is 84.5 Å². The first-order valence-corrected chi connectivity index (χ1v) is 9.78. The smallest absolute Gasteiger partial charge is 0.271 e. The number of carbonyl (C=O) groups excluding carboxylic acids is 2. The number of aromatic hydroxyl groups is 1. The normalized spacial score (nSPS) is 10.6. The van der Waals surface area contributed by atoms with Gasteiger partial charge in [0.25, 0.3) is 11.8 Å². The minimum absolute atomic E-state index is 0.0901. The minimum Gasteiger partial charge on any atom is -0.507 e. The van der Waals surface area contributed by atoms with Gasteiger partial charge in [-0.3, -0.25) is 9.59 Å². The zero-order valence-electron chi connectivity index (χ0n) is 16.5. The van der Waals surface area contributed by atoms with Gasteiger partial charge in [0.1, 0.15) is 5.75 Å². The van der Waals surface area contributed by atoms with Gasteiger partial charge in [0, 0.05) is 27.4 Å². The number of amides is 2. The van der Waals surface area contributed by atoms with Crippen LogP contribution in [0.5, 0.6) is 5.75 Å². The quantitative estimate of drug-likeness (QED) is 0.284. The molecular formula is C24H20ClN3O3. The third kappa shape index (κ3) is 5.81. The molecule has 0 bridgehead atoms. The Morgan fingerprint density at radius 1 is 1.00 bits per heavy atom. The Labute approximate surface area is 184 Å². The van der Waals surface area contributed by atoms with E-state index < -0.39 is 5.91 Å². The standard InChI is InChI=1S/C24H20ClN3O3/c1-2-5-16-6-3-8-19(22(16)29)15-26-28-24(31)18-7-4-9-21(14-18)27-23(30)17-10-12-20(25)13-11-17/h2-4,6-15,29H,1,5H2,(H,27,30)(H,28,31)/b26-15+. The Hall–Kier alpha value is -3.90. The molecule has 0 radical (unpaired) electrons. The van der Waals surface area contributed by atoms with E-state index in [1.54, 1.807) is 72.8 Å². The van der Waals surface area contributed by atoms with Crippen LogP contribution in [0.25, 0.3) is 0 Å². The molecule has 0 aromatic heterocycles. The minimum atomic E-state index is -0.458. The van der Waals surface area contributed by atoms with Crippen LogP contribution in [0.3, 0.4) is 0 Å². The molecule has 3 aromatic rings. The van der Waals surface area contributed by atoms with Gasteiger partial charge in [0.15, 0.2) is 0 Å². The third-order valence-electron chi connectivity index (χ3n) is 4.37. The molecule has 0 aliphatic carbocycles. The first-order chi connectivity index (χ1) is 15.0. The van der Waals surface area contributed by atoms with E-state index in [0.29, 0.717) is 33.8 Å². The second-order valence-electron chi connectivity index (χ2n) is 6.59. The van der Waals surface area contributed by atoms with E-state index in [9.17, 15) is 14.7 Å². The summed E-state index contributed by atoms with van der Waals surface area (Å²) in [7, 11) is 0. The Kier molecular flexibility index (Phi) is 7.19. The Balaban J connectivity index is 1.65. The summed E-state index contributed by atoms with van der Waals surface area (Å²) in [6, 6.07) is 18.2. The number of nitrogens with one attached hydrogen (secondary N) is 2. The molecular weight excluding hydrogens is 414 g/mol. The highest BCUT2D eigenvalue weighted by atomic mass is 35.5. The highest BCUT2D eigenvalue weighted by Crippen LogP contribution is 2.21. The van der Waals surface area contributed by atoms with Crippen LogP contribution in [-0.2, 0) is 6.42 Å². The molecule has 0 aliphatic heterocycles. The Morgan fingerprint density at radius 2 is 1.74 bits per heavy atom. The molecule has 7 heteroatoms. The van der Waals surface area contributed by atoms with Crippen LogP contribution in [0, 0.1) is 0 Å². The van der Waals surface area contributed by atoms with E-state index in [1.165, 1.54) is 6.21 Å². The van der Waals surface area contributed by atoms with Crippen LogP contribution in [0.2, 0.25) is 5.02 Å². The molecule has 2 amide bonds. The number of allylic oxidation sites excluding steroid dienone is 1. The van der Waals surface area contributed by atoms with Gasteiger partial charge < -0.3 is 10.4 Å². The van der Waals surface area contributed by atoms with Crippen LogP contribution in [-0.4, -0.2) is 23.1 Å². The van der Waals surface area contributed by atoms with E-state index >= 15 is 0 Å². The van der Waals surface area contributed by atoms with Crippen molar-refractivity contribution in [2.45, 2.75) is 6.42 Å². The summed E-state index contributed by atoms with van der Waals surface area (Å²) >= 11 is 5.84. The van der Waals surface area contributed by atoms with Crippen molar-refractivity contribution < 1.29 is 14.7 Å². The third-order valence-corrected chi connectivity index (χ3v) is 4.63. The van der Waals surface area contributed by atoms with Crippen molar-refractivity contribution in [1.82, 2.24) is 5.43 Å². The first-order valence-electron chi connectivity index (χ1n) is 9.40. The summed E-state index contributed by atoms with van der Waals surface area (Å²) in [5.74, 6) is -0.685. The molecule has 0 saturated carbocycles. The molecule has 3 N–H and O–H groups in total. The van der Waals surface area contributed by atoms with E-state index in [0.717, 1.165) is 5.56 Å². The zero-order valence-corrected chi connectivity index (χ0v) is 17.3. The lowest BCUT2D eigenvalue weighted by Gasteiger charge is -2.07. The van der Waals surface area contributed by atoms with Crippen LogP contribution < -0.4 is 10.7 Å². The van der Waals surface area contributed by atoms with Gasteiger partial charge in [-0.1, -0.05) is 35.9 Å². The largest absolute Gasteiger partial charge is 0.507 e. The molecule has 3 rings (SSSR count). The number of phenolic OH excluding ortho intramolecular Hbond substituents is 1. The molecule has 0 unspecified atom stereocenters. The monoisotopic (exact) mass is 433 g/mol. The van der Waals surface area contributed by atoms with E-state index in [-0.39, 0.29) is 11.7 Å². The average Bonchev–Trinajstić information content (AvgIpc) is 2.77. The number of benzene rings is 3. The van der Waals surface area contributed by atoms with Crippen LogP contribution in [0.1, 0.15) is 31.8 Å². The number of carbonyl (C=O) groups is 2. The maximum absolute atomic E-state index is 12.4. The van der Waals surface area contributed by atoms with Gasteiger partial charge in [-0.25, -0.2) is 5.43 Å². The molecule has 6 nitrogen and oxygen atoms in total. The Morgan fingerprint density at radius 3 is 2.48 bits per heavy atom. The summed E-state index contributed by atoms with van der Waals surface area (Å²) in [5.41, 5.74) is 4.84. The summed E-state index contributed by atoms with van der Waals surface area (Å²) < 4.78 is 0. The molecule has 0 spiro atoms. The lowest BCUT2D eigenvalue weighted by atomic mass is 10.1. The summed E-state index contributed by atoms with van der Waals surface area (Å²) in [6.07, 6.45) is 3.58. The fraction of sp³-hybridized carbons (Fsp3) is 0.0417. The SMILES string of the molecule is C=CCc1cccc(/C=N/NC(=O)c2cccc(NC(=O)c3ccc(Cl)cc3)c2)c1O. The highest BCUT2D eigenvalue weighted by Gasteiger charge is 2.09. The summed E-state index contributed by atoms with van der Waals surface area (Å²) in [4.78, 5) is 24.7. The van der Waals surface area contributed by atoms with Gasteiger partial charge in [0.2, 0.25) is 0 Å². The van der Waals surface area contributed by atoms with Crippen molar-refractivity contribution >= 4 is 35.3 Å². The number of hydrogen-bond donors (Lipinski definition) is 3. The van der Waals surface area contributed by atoms with Crippen molar-refractivity contribution in [3.63, 3.8) is 0 Å². The molecule has 3 aromatic carbocycles. The number of hydrogen-bond acceptors (Lipinski definition) is 4. The summed E-state index contributed by atoms with van der Waals surface area (Å²) in [6.45, 7) is 3.66. The first kappa shape index (κ1) is 21.8. The van der Waals surface area contributed by atoms with E-state index in [2.05, 4.69) is 22.4 Å². The Bertz CT molecular complexity index is 1140. The van der Waals surface area contributed by atoms with Gasteiger partial charge in [0.05, 0.1) is 6.21 Å². The van der Waals surface area contributed by atoms with Gasteiger partial charge in [-0.15, -0.1) is 6.58 Å². The van der Waals surface area contributed by atoms with Gasteiger partial charge in [-0.2, -0.15) is 5.10 Å². The fourth-order valence-electron chi connectivity index (χ4n) is 2.80. The predicted molar refractivity (Wildman–Crippen MR) is 123 cm³/mol. The number of phenols is 1. The molecule has 0 saturated heterocycles. The van der Waals surface area contributed by atoms with Crippen molar-refractivity contribution in [2.24, 2.45) is 5.10 Å². The van der Waals surface area contributed by atoms with E-state index in [4.69, 9.17) is 11.6 Å². The number of halogens is 1. The molecule has 0 heterocycles. The topological polar surface area (TPSA) is 90.8 Å². The van der Waals surface area contributed by atoms with Crippen molar-refractivity contribution in [2.75, 3.05) is 5.32 Å². The molecule has 0 aliphatic rings. The number of nitrogens with zero attached hydrogens (tertiary/aromatic N) is 1. The lowest BCUT2D eigenvalue weighted by Crippen LogP contribution is -2.18. The molecule has 156 valence electrons. The van der Waals surface area contributed by atoms with Crippen LogP contribution in [0.4, 0.5) is 5.69 Å². The van der Waals surface area contributed by atoms with Crippen molar-refractivity contribution in [3.05, 3.63) is 107 Å². The molecule has 0 fully saturated rings.